The fourth-order valence-corrected chi connectivity index (χ4v) is 2.58. The number of unbranched alkanes of at least 4 members (excludes halogenated alkanes) is 1. The molecule has 4 heteroatoms. The van der Waals surface area contributed by atoms with Crippen molar-refractivity contribution in [3.63, 3.8) is 0 Å². The molecule has 4 nitrogen and oxygen atoms in total. The molecule has 0 amide bonds. The van der Waals surface area contributed by atoms with E-state index in [2.05, 4.69) is 12.2 Å². The predicted molar refractivity (Wildman–Crippen MR) is 96.5 cm³/mol. The summed E-state index contributed by atoms with van der Waals surface area (Å²) < 4.78 is 5.47. The van der Waals surface area contributed by atoms with Gasteiger partial charge in [0.25, 0.3) is 0 Å². The molecule has 2 N–H and O–H groups in total. The van der Waals surface area contributed by atoms with Gasteiger partial charge in [0, 0.05) is 12.8 Å². The number of aliphatic hydroxyl groups is 2. The van der Waals surface area contributed by atoms with Crippen LogP contribution in [0.15, 0.2) is 36.5 Å². The molecule has 0 unspecified atom stereocenters. The zero-order valence-corrected chi connectivity index (χ0v) is 14.8. The Kier molecular flexibility index (Phi) is 11.2. The first-order chi connectivity index (χ1) is 11.6. The molecule has 0 saturated carbocycles. The predicted octanol–water partition coefficient (Wildman–Crippen LogP) is 3.83. The Labute approximate surface area is 145 Å². The van der Waals surface area contributed by atoms with Crippen molar-refractivity contribution < 1.29 is 19.7 Å². The molecule has 0 aliphatic carbocycles. The Balaban J connectivity index is 2.26. The summed E-state index contributed by atoms with van der Waals surface area (Å²) in [6.45, 7) is 1.68. The van der Waals surface area contributed by atoms with E-state index in [0.717, 1.165) is 38.5 Å². The zero-order chi connectivity index (χ0) is 17.6. The molecule has 3 atom stereocenters. The van der Waals surface area contributed by atoms with Gasteiger partial charge in [-0.1, -0.05) is 30.4 Å². The third-order valence-electron chi connectivity index (χ3n) is 3.86. The molecule has 136 valence electrons. The maximum Gasteiger partial charge on any atom is 0.306 e. The first-order valence-corrected chi connectivity index (χ1v) is 9.10. The molecule has 0 saturated heterocycles. The summed E-state index contributed by atoms with van der Waals surface area (Å²) in [5, 5.41) is 18.8. The SMILES string of the molecule is C[C@H](O)C[C@H](O)C/C=C/CC/C=C/[C@@H]1C/C=C\CCCCC(=O)O1. The van der Waals surface area contributed by atoms with Gasteiger partial charge in [0.2, 0.25) is 0 Å². The van der Waals surface area contributed by atoms with Crippen LogP contribution in [-0.4, -0.2) is 34.5 Å². The maximum absolute atomic E-state index is 11.7. The van der Waals surface area contributed by atoms with Crippen molar-refractivity contribution in [2.24, 2.45) is 0 Å². The minimum absolute atomic E-state index is 0.105. The van der Waals surface area contributed by atoms with E-state index < -0.39 is 12.2 Å². The van der Waals surface area contributed by atoms with E-state index in [9.17, 15) is 15.0 Å². The van der Waals surface area contributed by atoms with E-state index in [1.54, 1.807) is 6.92 Å². The van der Waals surface area contributed by atoms with Gasteiger partial charge in [-0.25, -0.2) is 0 Å². The average molecular weight is 336 g/mol. The van der Waals surface area contributed by atoms with Crippen molar-refractivity contribution in [1.29, 1.82) is 0 Å². The third kappa shape index (κ3) is 11.2. The topological polar surface area (TPSA) is 66.8 Å². The van der Waals surface area contributed by atoms with Crippen molar-refractivity contribution in [3.05, 3.63) is 36.5 Å². The Morgan fingerprint density at radius 2 is 2.00 bits per heavy atom. The molecule has 0 fully saturated rings. The number of allylic oxidation sites excluding steroid dienone is 3. The quantitative estimate of drug-likeness (QED) is 0.401. The normalized spacial score (nSPS) is 24.0. The molecule has 0 aromatic carbocycles. The second-order valence-corrected chi connectivity index (χ2v) is 6.43. The van der Waals surface area contributed by atoms with Crippen LogP contribution in [0.4, 0.5) is 0 Å². The summed E-state index contributed by atoms with van der Waals surface area (Å²) in [5.74, 6) is -0.105. The van der Waals surface area contributed by atoms with E-state index in [0.29, 0.717) is 19.3 Å². The van der Waals surface area contributed by atoms with Gasteiger partial charge in [-0.3, -0.25) is 4.79 Å². The molecule has 0 radical (unpaired) electrons. The molecule has 0 aromatic heterocycles. The lowest BCUT2D eigenvalue weighted by Crippen LogP contribution is -2.15. The van der Waals surface area contributed by atoms with Crippen LogP contribution < -0.4 is 0 Å². The summed E-state index contributed by atoms with van der Waals surface area (Å²) in [7, 11) is 0. The molecule has 1 aliphatic heterocycles. The highest BCUT2D eigenvalue weighted by Gasteiger charge is 2.10. The minimum atomic E-state index is -0.481. The highest BCUT2D eigenvalue weighted by molar-refractivity contribution is 5.69. The zero-order valence-electron chi connectivity index (χ0n) is 14.8. The van der Waals surface area contributed by atoms with Gasteiger partial charge in [-0.2, -0.15) is 0 Å². The molecule has 24 heavy (non-hydrogen) atoms. The van der Waals surface area contributed by atoms with Gasteiger partial charge < -0.3 is 14.9 Å². The second-order valence-electron chi connectivity index (χ2n) is 6.43. The highest BCUT2D eigenvalue weighted by Crippen LogP contribution is 2.11. The van der Waals surface area contributed by atoms with Gasteiger partial charge in [-0.15, -0.1) is 0 Å². The van der Waals surface area contributed by atoms with E-state index in [1.165, 1.54) is 0 Å². The molecular weight excluding hydrogens is 304 g/mol. The number of hydrogen-bond acceptors (Lipinski definition) is 4. The average Bonchev–Trinajstić information content (AvgIpc) is 2.52. The Bertz CT molecular complexity index is 423. The third-order valence-corrected chi connectivity index (χ3v) is 3.86. The Morgan fingerprint density at radius 1 is 1.21 bits per heavy atom. The minimum Gasteiger partial charge on any atom is -0.458 e. The van der Waals surface area contributed by atoms with E-state index in [-0.39, 0.29) is 12.1 Å². The number of cyclic esters (lactones) is 1. The number of hydrogen-bond donors (Lipinski definition) is 2. The van der Waals surface area contributed by atoms with E-state index in [4.69, 9.17) is 4.74 Å². The van der Waals surface area contributed by atoms with Crippen molar-refractivity contribution >= 4 is 5.97 Å². The lowest BCUT2D eigenvalue weighted by atomic mass is 10.1. The number of carbonyl (C=O) groups excluding carboxylic acids is 1. The summed E-state index contributed by atoms with van der Waals surface area (Å²) in [6, 6.07) is 0. The molecular formula is C20H32O4. The van der Waals surface area contributed by atoms with Crippen LogP contribution in [0.5, 0.6) is 0 Å². The molecule has 1 rings (SSSR count). The summed E-state index contributed by atoms with van der Waals surface area (Å²) in [5.41, 5.74) is 0. The van der Waals surface area contributed by atoms with Gasteiger partial charge >= 0.3 is 5.97 Å². The number of esters is 1. The van der Waals surface area contributed by atoms with Crippen LogP contribution in [-0.2, 0) is 9.53 Å². The van der Waals surface area contributed by atoms with Crippen LogP contribution >= 0.6 is 0 Å². The number of rotatable bonds is 8. The molecule has 0 spiro atoms. The highest BCUT2D eigenvalue weighted by atomic mass is 16.5. The van der Waals surface area contributed by atoms with Gasteiger partial charge in [0.15, 0.2) is 0 Å². The van der Waals surface area contributed by atoms with Crippen molar-refractivity contribution in [3.8, 4) is 0 Å². The largest absolute Gasteiger partial charge is 0.458 e. The second kappa shape index (κ2) is 13.0. The summed E-state index contributed by atoms with van der Waals surface area (Å²) >= 11 is 0. The van der Waals surface area contributed by atoms with Crippen LogP contribution in [0.25, 0.3) is 0 Å². The first kappa shape index (κ1) is 20.7. The smallest absolute Gasteiger partial charge is 0.306 e. The molecule has 0 aromatic rings. The Hall–Kier alpha value is -1.39. The molecule has 0 bridgehead atoms. The van der Waals surface area contributed by atoms with Gasteiger partial charge in [-0.05, 0) is 57.9 Å². The van der Waals surface area contributed by atoms with Crippen LogP contribution in [0.3, 0.4) is 0 Å². The van der Waals surface area contributed by atoms with Crippen molar-refractivity contribution in [2.75, 3.05) is 0 Å². The monoisotopic (exact) mass is 336 g/mol. The van der Waals surface area contributed by atoms with Crippen molar-refractivity contribution in [2.45, 2.75) is 83.0 Å². The van der Waals surface area contributed by atoms with Crippen LogP contribution in [0, 0.1) is 0 Å². The maximum atomic E-state index is 11.7. The summed E-state index contributed by atoms with van der Waals surface area (Å²) in [6.07, 6.45) is 18.1. The van der Waals surface area contributed by atoms with Crippen molar-refractivity contribution in [1.82, 2.24) is 0 Å². The van der Waals surface area contributed by atoms with Crippen LogP contribution in [0.1, 0.15) is 64.7 Å². The standard InChI is InChI=1S/C20H32O4/c1-17(21)16-18(22)12-8-4-2-5-9-13-19-14-10-6-3-7-11-15-20(23)24-19/h4,6,8-10,13,17-19,21-22H,2-3,5,7,11-12,14-16H2,1H3/b8-4+,10-6-,13-9+/t17-,18+,19+/m0/s1. The Morgan fingerprint density at radius 3 is 2.79 bits per heavy atom. The number of ether oxygens (including phenoxy) is 1. The molecule has 1 aliphatic rings. The van der Waals surface area contributed by atoms with E-state index >= 15 is 0 Å². The lowest BCUT2D eigenvalue weighted by molar-refractivity contribution is -0.146. The van der Waals surface area contributed by atoms with Crippen LogP contribution in [0.2, 0.25) is 0 Å². The fourth-order valence-electron chi connectivity index (χ4n) is 2.58. The van der Waals surface area contributed by atoms with E-state index in [1.807, 2.05) is 24.3 Å². The van der Waals surface area contributed by atoms with Gasteiger partial charge in [0.05, 0.1) is 12.2 Å². The number of aliphatic hydroxyl groups excluding tert-OH is 2. The fraction of sp³-hybridized carbons (Fsp3) is 0.650. The van der Waals surface area contributed by atoms with Gasteiger partial charge in [0.1, 0.15) is 6.10 Å². The lowest BCUT2D eigenvalue weighted by Gasteiger charge is -2.13. The summed E-state index contributed by atoms with van der Waals surface area (Å²) in [4.78, 5) is 11.7. The molecule has 1 heterocycles. The first-order valence-electron chi connectivity index (χ1n) is 9.10. The number of carbonyl (C=O) groups is 1.